The summed E-state index contributed by atoms with van der Waals surface area (Å²) in [5.74, 6) is 0.190. The molecule has 0 fully saturated rings. The Hall–Kier alpha value is -0.890. The van der Waals surface area contributed by atoms with Gasteiger partial charge >= 0.3 is 0 Å². The van der Waals surface area contributed by atoms with Crippen molar-refractivity contribution in [2.24, 2.45) is 0 Å². The minimum absolute atomic E-state index is 0.190. The molecule has 0 radical (unpaired) electrons. The van der Waals surface area contributed by atoms with Crippen LogP contribution in [0.5, 0.6) is 0 Å². The molecule has 0 spiro atoms. The van der Waals surface area contributed by atoms with Crippen LogP contribution in [0.15, 0.2) is 34.3 Å². The molecule has 1 nitrogen and oxygen atoms in total. The first-order valence-corrected chi connectivity index (χ1v) is 6.47. The molecule has 0 atom stereocenters. The molecule has 2 heteroatoms. The highest BCUT2D eigenvalue weighted by atomic mass is 79.9. The Kier molecular flexibility index (Phi) is 3.59. The summed E-state index contributed by atoms with van der Waals surface area (Å²) < 4.78 is 0.898. The number of carbonyl (C=O) groups excluding carboxylic acids is 1. The normalized spacial score (nSPS) is 15.8. The van der Waals surface area contributed by atoms with Gasteiger partial charge in [0.25, 0.3) is 0 Å². The van der Waals surface area contributed by atoms with Gasteiger partial charge in [-0.1, -0.05) is 33.6 Å². The van der Waals surface area contributed by atoms with Crippen molar-refractivity contribution in [3.8, 4) is 0 Å². The van der Waals surface area contributed by atoms with E-state index in [1.807, 2.05) is 25.1 Å². The molecule has 0 saturated heterocycles. The van der Waals surface area contributed by atoms with Gasteiger partial charge in [0.2, 0.25) is 0 Å². The van der Waals surface area contributed by atoms with Crippen molar-refractivity contribution in [3.63, 3.8) is 0 Å². The van der Waals surface area contributed by atoms with Gasteiger partial charge in [-0.25, -0.2) is 0 Å². The predicted octanol–water partition coefficient (Wildman–Crippen LogP) is 4.44. The number of rotatable bonds is 2. The van der Waals surface area contributed by atoms with Crippen LogP contribution in [0.1, 0.15) is 41.6 Å². The lowest BCUT2D eigenvalue weighted by molar-refractivity contribution is 0.102. The minimum atomic E-state index is 0.190. The SMILES string of the molecule is Cc1ccc(Br)c(C(=O)C2=CCCCC2)c1. The van der Waals surface area contributed by atoms with Gasteiger partial charge in [0, 0.05) is 10.0 Å². The van der Waals surface area contributed by atoms with Crippen molar-refractivity contribution in [2.45, 2.75) is 32.6 Å². The molecule has 2 rings (SSSR count). The zero-order chi connectivity index (χ0) is 11.5. The number of ketones is 1. The number of aryl methyl sites for hydroxylation is 1. The van der Waals surface area contributed by atoms with Crippen LogP contribution in [0.25, 0.3) is 0 Å². The Morgan fingerprint density at radius 2 is 2.12 bits per heavy atom. The Balaban J connectivity index is 2.33. The fraction of sp³-hybridized carbons (Fsp3) is 0.357. The van der Waals surface area contributed by atoms with Crippen LogP contribution in [0.2, 0.25) is 0 Å². The van der Waals surface area contributed by atoms with Gasteiger partial charge in [-0.15, -0.1) is 0 Å². The average molecular weight is 279 g/mol. The van der Waals surface area contributed by atoms with Crippen molar-refractivity contribution < 1.29 is 4.79 Å². The van der Waals surface area contributed by atoms with E-state index in [4.69, 9.17) is 0 Å². The van der Waals surface area contributed by atoms with Crippen LogP contribution in [0, 0.1) is 6.92 Å². The van der Waals surface area contributed by atoms with E-state index in [-0.39, 0.29) is 5.78 Å². The molecule has 0 heterocycles. The highest BCUT2D eigenvalue weighted by Gasteiger charge is 2.16. The van der Waals surface area contributed by atoms with Gasteiger partial charge in [0.1, 0.15) is 0 Å². The van der Waals surface area contributed by atoms with Gasteiger partial charge in [0.05, 0.1) is 0 Å². The summed E-state index contributed by atoms with van der Waals surface area (Å²) in [6.45, 7) is 2.01. The first-order valence-electron chi connectivity index (χ1n) is 5.68. The van der Waals surface area contributed by atoms with Gasteiger partial charge in [-0.3, -0.25) is 4.79 Å². The van der Waals surface area contributed by atoms with Crippen LogP contribution in [0.4, 0.5) is 0 Å². The van der Waals surface area contributed by atoms with Crippen LogP contribution >= 0.6 is 15.9 Å². The molecule has 0 bridgehead atoms. The third-order valence-electron chi connectivity index (χ3n) is 2.95. The van der Waals surface area contributed by atoms with Gasteiger partial charge in [0.15, 0.2) is 5.78 Å². The fourth-order valence-corrected chi connectivity index (χ4v) is 2.46. The lowest BCUT2D eigenvalue weighted by Gasteiger charge is -2.12. The van der Waals surface area contributed by atoms with Crippen molar-refractivity contribution in [1.82, 2.24) is 0 Å². The van der Waals surface area contributed by atoms with Crippen LogP contribution < -0.4 is 0 Å². The monoisotopic (exact) mass is 278 g/mol. The van der Waals surface area contributed by atoms with E-state index in [0.717, 1.165) is 40.4 Å². The summed E-state index contributed by atoms with van der Waals surface area (Å²) in [6.07, 6.45) is 6.43. The number of halogens is 1. The van der Waals surface area contributed by atoms with Gasteiger partial charge in [-0.2, -0.15) is 0 Å². The zero-order valence-corrected chi connectivity index (χ0v) is 11.0. The second-order valence-corrected chi connectivity index (χ2v) is 5.14. The molecular weight excluding hydrogens is 264 g/mol. The Morgan fingerprint density at radius 3 is 2.81 bits per heavy atom. The second kappa shape index (κ2) is 4.96. The number of hydrogen-bond acceptors (Lipinski definition) is 1. The molecule has 0 saturated carbocycles. The van der Waals surface area contributed by atoms with Crippen molar-refractivity contribution in [1.29, 1.82) is 0 Å². The number of Topliss-reactive ketones (excluding diaryl/α,β-unsaturated/α-hetero) is 1. The zero-order valence-electron chi connectivity index (χ0n) is 9.42. The molecule has 0 amide bonds. The minimum Gasteiger partial charge on any atom is -0.289 e. The topological polar surface area (TPSA) is 17.1 Å². The lowest BCUT2D eigenvalue weighted by atomic mass is 9.92. The molecule has 0 aliphatic heterocycles. The second-order valence-electron chi connectivity index (χ2n) is 4.29. The maximum atomic E-state index is 12.3. The standard InChI is InChI=1S/C14H15BrO/c1-10-7-8-13(15)12(9-10)14(16)11-5-3-2-4-6-11/h5,7-9H,2-4,6H2,1H3. The number of hydrogen-bond donors (Lipinski definition) is 0. The third kappa shape index (κ3) is 2.43. The maximum Gasteiger partial charge on any atom is 0.189 e. The molecule has 1 aliphatic rings. The van der Waals surface area contributed by atoms with E-state index in [1.165, 1.54) is 6.42 Å². The first kappa shape index (κ1) is 11.6. The van der Waals surface area contributed by atoms with E-state index < -0.39 is 0 Å². The summed E-state index contributed by atoms with van der Waals surface area (Å²) >= 11 is 3.45. The Labute approximate surface area is 105 Å². The molecule has 84 valence electrons. The molecular formula is C14H15BrO. The van der Waals surface area contributed by atoms with E-state index in [0.29, 0.717) is 0 Å². The van der Waals surface area contributed by atoms with Crippen molar-refractivity contribution in [2.75, 3.05) is 0 Å². The van der Waals surface area contributed by atoms with Gasteiger partial charge in [-0.05, 0) is 50.3 Å². The van der Waals surface area contributed by atoms with Crippen molar-refractivity contribution in [3.05, 3.63) is 45.4 Å². The largest absolute Gasteiger partial charge is 0.289 e. The Morgan fingerprint density at radius 1 is 1.31 bits per heavy atom. The fourth-order valence-electron chi connectivity index (χ4n) is 2.03. The van der Waals surface area contributed by atoms with Crippen LogP contribution in [-0.4, -0.2) is 5.78 Å². The molecule has 0 aromatic heterocycles. The molecule has 16 heavy (non-hydrogen) atoms. The first-order chi connectivity index (χ1) is 7.68. The maximum absolute atomic E-state index is 12.3. The van der Waals surface area contributed by atoms with E-state index in [9.17, 15) is 4.79 Å². The summed E-state index contributed by atoms with van der Waals surface area (Å²) in [4.78, 5) is 12.3. The number of benzene rings is 1. The average Bonchev–Trinajstić information content (AvgIpc) is 2.32. The smallest absolute Gasteiger partial charge is 0.189 e. The summed E-state index contributed by atoms with van der Waals surface area (Å²) in [7, 11) is 0. The molecule has 0 unspecified atom stereocenters. The van der Waals surface area contributed by atoms with Crippen molar-refractivity contribution >= 4 is 21.7 Å². The quantitative estimate of drug-likeness (QED) is 0.731. The number of allylic oxidation sites excluding steroid dienone is 2. The third-order valence-corrected chi connectivity index (χ3v) is 3.64. The molecule has 1 aliphatic carbocycles. The highest BCUT2D eigenvalue weighted by Crippen LogP contribution is 2.26. The van der Waals surface area contributed by atoms with Gasteiger partial charge < -0.3 is 0 Å². The molecule has 1 aromatic rings. The summed E-state index contributed by atoms with van der Waals surface area (Å²) in [6, 6.07) is 5.92. The summed E-state index contributed by atoms with van der Waals surface area (Å²) in [5, 5.41) is 0. The molecule has 0 N–H and O–H groups in total. The van der Waals surface area contributed by atoms with Crippen LogP contribution in [-0.2, 0) is 0 Å². The predicted molar refractivity (Wildman–Crippen MR) is 69.8 cm³/mol. The van der Waals surface area contributed by atoms with E-state index in [1.54, 1.807) is 0 Å². The Bertz CT molecular complexity index is 446. The number of carbonyl (C=O) groups is 1. The van der Waals surface area contributed by atoms with E-state index in [2.05, 4.69) is 22.0 Å². The van der Waals surface area contributed by atoms with E-state index >= 15 is 0 Å². The summed E-state index contributed by atoms with van der Waals surface area (Å²) in [5.41, 5.74) is 2.91. The lowest BCUT2D eigenvalue weighted by Crippen LogP contribution is -2.07. The molecule has 1 aromatic carbocycles. The highest BCUT2D eigenvalue weighted by molar-refractivity contribution is 9.10. The van der Waals surface area contributed by atoms with Crippen LogP contribution in [0.3, 0.4) is 0 Å².